The van der Waals surface area contributed by atoms with Gasteiger partial charge in [-0.05, 0) is 31.2 Å². The Morgan fingerprint density at radius 3 is 2.84 bits per heavy atom. The molecule has 1 amide bonds. The molecule has 100 valence electrons. The van der Waals surface area contributed by atoms with Crippen LogP contribution in [0.1, 0.15) is 21.9 Å². The lowest BCUT2D eigenvalue weighted by Gasteiger charge is -2.06. The van der Waals surface area contributed by atoms with Crippen molar-refractivity contribution in [2.75, 3.05) is 12.4 Å². The second-order valence-corrected chi connectivity index (χ2v) is 4.40. The summed E-state index contributed by atoms with van der Waals surface area (Å²) in [6.07, 6.45) is 0. The molecule has 0 radical (unpaired) electrons. The van der Waals surface area contributed by atoms with E-state index in [2.05, 4.69) is 15.6 Å². The Hall–Kier alpha value is -2.01. The highest BCUT2D eigenvalue weighted by Crippen LogP contribution is 2.14. The number of pyridine rings is 1. The third-order valence-electron chi connectivity index (χ3n) is 2.53. The van der Waals surface area contributed by atoms with Crippen LogP contribution in [0.15, 0.2) is 28.7 Å². The van der Waals surface area contributed by atoms with Crippen LogP contribution in [0.5, 0.6) is 0 Å². The second kappa shape index (κ2) is 5.75. The highest BCUT2D eigenvalue weighted by atomic mass is 35.5. The predicted octanol–water partition coefficient (Wildman–Crippen LogP) is 2.61. The van der Waals surface area contributed by atoms with Crippen LogP contribution in [0.25, 0.3) is 0 Å². The van der Waals surface area contributed by atoms with E-state index < -0.39 is 0 Å². The summed E-state index contributed by atoms with van der Waals surface area (Å²) in [5.74, 6) is 1.84. The minimum absolute atomic E-state index is 0.227. The van der Waals surface area contributed by atoms with E-state index in [0.29, 0.717) is 23.7 Å². The SMILES string of the molecule is CNc1cc(C(=O)NCc2ccc(C)o2)cc(Cl)n1. The van der Waals surface area contributed by atoms with E-state index in [1.165, 1.54) is 6.07 Å². The van der Waals surface area contributed by atoms with E-state index in [0.717, 1.165) is 5.76 Å². The van der Waals surface area contributed by atoms with Gasteiger partial charge in [-0.2, -0.15) is 0 Å². The van der Waals surface area contributed by atoms with Crippen LogP contribution in [-0.4, -0.2) is 17.9 Å². The Balaban J connectivity index is 2.05. The fourth-order valence-electron chi connectivity index (χ4n) is 1.61. The fraction of sp³-hybridized carbons (Fsp3) is 0.231. The normalized spacial score (nSPS) is 10.3. The van der Waals surface area contributed by atoms with E-state index in [1.807, 2.05) is 19.1 Å². The molecule has 0 unspecified atom stereocenters. The number of aromatic nitrogens is 1. The Morgan fingerprint density at radius 2 is 2.21 bits per heavy atom. The number of nitrogens with one attached hydrogen (secondary N) is 2. The Morgan fingerprint density at radius 1 is 1.42 bits per heavy atom. The second-order valence-electron chi connectivity index (χ2n) is 4.01. The van der Waals surface area contributed by atoms with Crippen LogP contribution < -0.4 is 10.6 Å². The van der Waals surface area contributed by atoms with Gasteiger partial charge in [-0.3, -0.25) is 4.79 Å². The lowest BCUT2D eigenvalue weighted by molar-refractivity contribution is 0.0948. The Labute approximate surface area is 116 Å². The highest BCUT2D eigenvalue weighted by Gasteiger charge is 2.09. The monoisotopic (exact) mass is 279 g/mol. The molecule has 5 nitrogen and oxygen atoms in total. The molecule has 19 heavy (non-hydrogen) atoms. The summed E-state index contributed by atoms with van der Waals surface area (Å²) in [7, 11) is 1.71. The number of halogens is 1. The molecule has 0 aromatic carbocycles. The third-order valence-corrected chi connectivity index (χ3v) is 2.73. The zero-order chi connectivity index (χ0) is 13.8. The Kier molecular flexibility index (Phi) is 4.06. The fourth-order valence-corrected chi connectivity index (χ4v) is 1.81. The van der Waals surface area contributed by atoms with Gasteiger partial charge in [0.1, 0.15) is 22.5 Å². The third kappa shape index (κ3) is 3.48. The summed E-state index contributed by atoms with van der Waals surface area (Å²) < 4.78 is 5.37. The molecule has 2 rings (SSSR count). The van der Waals surface area contributed by atoms with E-state index >= 15 is 0 Å². The Bertz CT molecular complexity index is 595. The molecule has 2 aromatic heterocycles. The molecule has 0 bridgehead atoms. The number of anilines is 1. The van der Waals surface area contributed by atoms with Gasteiger partial charge in [0.25, 0.3) is 5.91 Å². The van der Waals surface area contributed by atoms with E-state index in [4.69, 9.17) is 16.0 Å². The predicted molar refractivity (Wildman–Crippen MR) is 73.4 cm³/mol. The lowest BCUT2D eigenvalue weighted by Crippen LogP contribution is -2.22. The maximum absolute atomic E-state index is 12.0. The van der Waals surface area contributed by atoms with Crippen molar-refractivity contribution in [1.82, 2.24) is 10.3 Å². The van der Waals surface area contributed by atoms with E-state index in [-0.39, 0.29) is 11.1 Å². The van der Waals surface area contributed by atoms with Crippen molar-refractivity contribution in [3.05, 3.63) is 46.5 Å². The van der Waals surface area contributed by atoms with Gasteiger partial charge in [0.2, 0.25) is 0 Å². The van der Waals surface area contributed by atoms with Gasteiger partial charge < -0.3 is 15.1 Å². The molecule has 0 saturated heterocycles. The molecule has 2 N–H and O–H groups in total. The van der Waals surface area contributed by atoms with Crippen molar-refractivity contribution in [3.8, 4) is 0 Å². The maximum atomic E-state index is 12.0. The minimum Gasteiger partial charge on any atom is -0.465 e. The lowest BCUT2D eigenvalue weighted by atomic mass is 10.2. The van der Waals surface area contributed by atoms with Crippen LogP contribution in [0.2, 0.25) is 5.15 Å². The van der Waals surface area contributed by atoms with Gasteiger partial charge in [-0.15, -0.1) is 0 Å². The van der Waals surface area contributed by atoms with Gasteiger partial charge >= 0.3 is 0 Å². The van der Waals surface area contributed by atoms with Gasteiger partial charge in [0, 0.05) is 12.6 Å². The van der Waals surface area contributed by atoms with Crippen LogP contribution >= 0.6 is 11.6 Å². The summed E-state index contributed by atoms with van der Waals surface area (Å²) in [6.45, 7) is 2.19. The summed E-state index contributed by atoms with van der Waals surface area (Å²) in [5, 5.41) is 5.88. The quantitative estimate of drug-likeness (QED) is 0.844. The first-order valence-corrected chi connectivity index (χ1v) is 6.15. The number of aryl methyl sites for hydroxylation is 1. The van der Waals surface area contributed by atoms with Crippen molar-refractivity contribution in [1.29, 1.82) is 0 Å². The number of hydrogen-bond donors (Lipinski definition) is 2. The standard InChI is InChI=1S/C13H14ClN3O2/c1-8-3-4-10(19-8)7-16-13(18)9-5-11(14)17-12(6-9)15-2/h3-6H,7H2,1-2H3,(H,15,17)(H,16,18). The first kappa shape index (κ1) is 13.4. The topological polar surface area (TPSA) is 67.2 Å². The minimum atomic E-state index is -0.227. The summed E-state index contributed by atoms with van der Waals surface area (Å²) in [5.41, 5.74) is 0.452. The van der Waals surface area contributed by atoms with Gasteiger partial charge in [-0.1, -0.05) is 11.6 Å². The first-order valence-electron chi connectivity index (χ1n) is 5.77. The molecule has 0 atom stereocenters. The molecule has 0 aliphatic rings. The van der Waals surface area contributed by atoms with Gasteiger partial charge in [0.05, 0.1) is 6.54 Å². The van der Waals surface area contributed by atoms with Crippen molar-refractivity contribution in [2.45, 2.75) is 13.5 Å². The number of nitrogens with zero attached hydrogens (tertiary/aromatic N) is 1. The van der Waals surface area contributed by atoms with Crippen LogP contribution in [0.3, 0.4) is 0 Å². The number of carbonyl (C=O) groups is 1. The number of carbonyl (C=O) groups excluding carboxylic acids is 1. The van der Waals surface area contributed by atoms with Crippen molar-refractivity contribution < 1.29 is 9.21 Å². The molecule has 2 heterocycles. The van der Waals surface area contributed by atoms with Gasteiger partial charge in [0.15, 0.2) is 0 Å². The average molecular weight is 280 g/mol. The van der Waals surface area contributed by atoms with Crippen LogP contribution in [-0.2, 0) is 6.54 Å². The van der Waals surface area contributed by atoms with Crippen molar-refractivity contribution in [2.24, 2.45) is 0 Å². The summed E-state index contributed by atoms with van der Waals surface area (Å²) in [6, 6.07) is 6.83. The van der Waals surface area contributed by atoms with Crippen LogP contribution in [0.4, 0.5) is 5.82 Å². The molecular formula is C13H14ClN3O2. The zero-order valence-electron chi connectivity index (χ0n) is 10.7. The summed E-state index contributed by atoms with van der Waals surface area (Å²) >= 11 is 5.84. The average Bonchev–Trinajstić information content (AvgIpc) is 2.81. The van der Waals surface area contributed by atoms with Gasteiger partial charge in [-0.25, -0.2) is 4.98 Å². The first-order chi connectivity index (χ1) is 9.08. The molecule has 0 aliphatic heterocycles. The van der Waals surface area contributed by atoms with E-state index in [1.54, 1.807) is 13.1 Å². The zero-order valence-corrected chi connectivity index (χ0v) is 11.4. The van der Waals surface area contributed by atoms with Crippen molar-refractivity contribution in [3.63, 3.8) is 0 Å². The molecule has 0 saturated carbocycles. The number of hydrogen-bond acceptors (Lipinski definition) is 4. The number of amides is 1. The van der Waals surface area contributed by atoms with Crippen LogP contribution in [0, 0.1) is 6.92 Å². The van der Waals surface area contributed by atoms with Crippen molar-refractivity contribution >= 4 is 23.3 Å². The smallest absolute Gasteiger partial charge is 0.251 e. The summed E-state index contributed by atoms with van der Waals surface area (Å²) in [4.78, 5) is 16.0. The molecule has 2 aromatic rings. The molecule has 6 heteroatoms. The highest BCUT2D eigenvalue weighted by molar-refractivity contribution is 6.29. The molecule has 0 spiro atoms. The molecular weight excluding hydrogens is 266 g/mol. The van der Waals surface area contributed by atoms with E-state index in [9.17, 15) is 4.79 Å². The number of rotatable bonds is 4. The molecule has 0 fully saturated rings. The maximum Gasteiger partial charge on any atom is 0.251 e. The number of furan rings is 1. The molecule has 0 aliphatic carbocycles. The largest absolute Gasteiger partial charge is 0.465 e.